The Kier molecular flexibility index (Phi) is 15.1. The van der Waals surface area contributed by atoms with Gasteiger partial charge in [-0.05, 0) is 52.8 Å². The monoisotopic (exact) mass is 722 g/mol. The zero-order valence-corrected chi connectivity index (χ0v) is 29.5. The molecule has 17 heteroatoms. The predicted octanol–water partition coefficient (Wildman–Crippen LogP) is 2.20. The number of rotatable bonds is 16. The molecular weight excluding hydrogens is 680 g/mol. The van der Waals surface area contributed by atoms with Crippen LogP contribution in [0, 0.1) is 21.4 Å². The topological polar surface area (TPSA) is 244 Å². The van der Waals surface area contributed by atoms with Crippen molar-refractivity contribution in [1.29, 1.82) is 5.26 Å². The third-order valence-corrected chi connectivity index (χ3v) is 7.40. The average molecular weight is 723 g/mol. The summed E-state index contributed by atoms with van der Waals surface area (Å²) in [6, 6.07) is 11.0. The van der Waals surface area contributed by atoms with Crippen LogP contribution in [0.15, 0.2) is 58.9 Å². The van der Waals surface area contributed by atoms with Crippen LogP contribution in [0.4, 0.5) is 5.69 Å². The standard InChI is InChI=1S/C28H39N5O10.C7H3NO/c1-6-41-27(37)24-17(4)32-18(5)25(28(38)42-7-2)26(24)20-12-19(33(39)40)8-9-21(20)43-15-23(36)31-14-22(35)30-11-10-29-13-16(3)34;8-4-5-2-1-3-6-7(5)9-6/h8-9,12,16,26,29,32,34H,6-7,10-11,13-15H2,1-5H3,(H,30,35)(H,31,36);1-3H. The normalized spacial score (nSPS) is 13.5. The molecule has 0 saturated heterocycles. The van der Waals surface area contributed by atoms with E-state index in [2.05, 4.69) is 21.3 Å². The van der Waals surface area contributed by atoms with E-state index >= 15 is 0 Å². The Morgan fingerprint density at radius 1 is 1.02 bits per heavy atom. The molecule has 52 heavy (non-hydrogen) atoms. The van der Waals surface area contributed by atoms with Gasteiger partial charge < -0.3 is 45.3 Å². The lowest BCUT2D eigenvalue weighted by Crippen LogP contribution is -2.41. The first kappa shape index (κ1) is 40.4. The van der Waals surface area contributed by atoms with E-state index in [0.717, 1.165) is 17.6 Å². The Labute approximate surface area is 300 Å². The molecule has 4 rings (SSSR count). The van der Waals surface area contributed by atoms with Gasteiger partial charge in [-0.3, -0.25) is 19.7 Å². The van der Waals surface area contributed by atoms with Crippen LogP contribution < -0.4 is 30.7 Å². The van der Waals surface area contributed by atoms with Gasteiger partial charge in [0.1, 0.15) is 11.8 Å². The van der Waals surface area contributed by atoms with Gasteiger partial charge in [0.05, 0.1) is 53.4 Å². The number of carbonyl (C=O) groups is 4. The van der Waals surface area contributed by atoms with E-state index in [9.17, 15) is 34.4 Å². The second-order valence-corrected chi connectivity index (χ2v) is 11.4. The highest BCUT2D eigenvalue weighted by atomic mass is 16.6. The van der Waals surface area contributed by atoms with Gasteiger partial charge in [0.15, 0.2) is 18.1 Å². The maximum Gasteiger partial charge on any atom is 0.336 e. The van der Waals surface area contributed by atoms with Crippen molar-refractivity contribution in [3.8, 4) is 23.3 Å². The average Bonchev–Trinajstić information content (AvgIpc) is 3.90. The summed E-state index contributed by atoms with van der Waals surface area (Å²) in [6.45, 7) is 8.30. The number of aliphatic hydroxyl groups is 1. The van der Waals surface area contributed by atoms with Crippen LogP contribution in [0.25, 0.3) is 0 Å². The van der Waals surface area contributed by atoms with E-state index in [-0.39, 0.29) is 54.4 Å². The number of allylic oxidation sites excluding steroid dienone is 2. The third-order valence-electron chi connectivity index (χ3n) is 7.40. The molecule has 2 aliphatic heterocycles. The Bertz CT molecular complexity index is 1740. The Balaban J connectivity index is 0.000000691. The second kappa shape index (κ2) is 19.4. The fourth-order valence-electron chi connectivity index (χ4n) is 5.08. The summed E-state index contributed by atoms with van der Waals surface area (Å²) >= 11 is 0. The number of nitriles is 1. The highest BCUT2D eigenvalue weighted by molar-refractivity contribution is 6.00. The molecular formula is C35H42N6O11. The van der Waals surface area contributed by atoms with Crippen molar-refractivity contribution in [3.05, 3.63) is 80.2 Å². The number of aliphatic hydroxyl groups excluding tert-OH is 1. The van der Waals surface area contributed by atoms with E-state index in [0.29, 0.717) is 30.0 Å². The maximum atomic E-state index is 13.1. The summed E-state index contributed by atoms with van der Waals surface area (Å²) < 4.78 is 21.2. The van der Waals surface area contributed by atoms with Crippen LogP contribution >= 0.6 is 0 Å². The molecule has 0 aliphatic carbocycles. The van der Waals surface area contributed by atoms with Crippen molar-refractivity contribution < 1.29 is 48.2 Å². The number of nitro groups is 1. The summed E-state index contributed by atoms with van der Waals surface area (Å²) in [6.07, 6.45) is -0.519. The van der Waals surface area contributed by atoms with Crippen molar-refractivity contribution in [2.24, 2.45) is 0 Å². The van der Waals surface area contributed by atoms with E-state index in [1.54, 1.807) is 40.7 Å². The number of amides is 2. The summed E-state index contributed by atoms with van der Waals surface area (Å²) in [5, 5.41) is 40.3. The number of nitrogens with one attached hydrogen (secondary N) is 4. The van der Waals surface area contributed by atoms with Gasteiger partial charge >= 0.3 is 11.9 Å². The molecule has 17 nitrogen and oxygen atoms in total. The number of dihydropyridines is 1. The molecule has 0 fully saturated rings. The first-order valence-corrected chi connectivity index (χ1v) is 16.4. The largest absolute Gasteiger partial charge is 0.483 e. The molecule has 2 amide bonds. The van der Waals surface area contributed by atoms with Crippen LogP contribution in [0.3, 0.4) is 0 Å². The van der Waals surface area contributed by atoms with Crippen molar-refractivity contribution in [2.45, 2.75) is 46.6 Å². The lowest BCUT2D eigenvalue weighted by atomic mass is 9.79. The molecule has 2 aromatic rings. The minimum absolute atomic E-state index is 0.00881. The summed E-state index contributed by atoms with van der Waals surface area (Å²) in [5.41, 5.74) is 1.11. The van der Waals surface area contributed by atoms with Crippen LogP contribution in [-0.4, -0.2) is 85.9 Å². The van der Waals surface area contributed by atoms with Crippen molar-refractivity contribution in [2.75, 3.05) is 46.0 Å². The number of nitro benzene ring substituents is 1. The number of benzene rings is 2. The number of para-hydroxylation sites is 1. The maximum absolute atomic E-state index is 13.1. The lowest BCUT2D eigenvalue weighted by molar-refractivity contribution is -0.384. The Morgan fingerprint density at radius 2 is 1.67 bits per heavy atom. The number of esters is 2. The number of hydrogen-bond acceptors (Lipinski definition) is 14. The number of fused-ring (bicyclic) bond motifs is 1. The van der Waals surface area contributed by atoms with Gasteiger partial charge in [0.2, 0.25) is 5.91 Å². The molecule has 5 N–H and O–H groups in total. The van der Waals surface area contributed by atoms with Crippen molar-refractivity contribution in [3.63, 3.8) is 0 Å². The molecule has 1 unspecified atom stereocenters. The van der Waals surface area contributed by atoms with Gasteiger partial charge in [0, 0.05) is 48.7 Å². The van der Waals surface area contributed by atoms with Crippen LogP contribution in [0.1, 0.15) is 51.7 Å². The smallest absolute Gasteiger partial charge is 0.336 e. The second-order valence-electron chi connectivity index (χ2n) is 11.4. The van der Waals surface area contributed by atoms with Gasteiger partial charge in [0.25, 0.3) is 11.6 Å². The van der Waals surface area contributed by atoms with E-state index in [1.807, 2.05) is 18.2 Å². The quantitative estimate of drug-likeness (QED) is 0.0468. The fourth-order valence-corrected chi connectivity index (χ4v) is 5.08. The first-order valence-electron chi connectivity index (χ1n) is 16.4. The van der Waals surface area contributed by atoms with Crippen molar-refractivity contribution >= 4 is 29.4 Å². The number of carbonyl (C=O) groups excluding carboxylic acids is 4. The number of nitrogens with zero attached hydrogens (tertiary/aromatic N) is 2. The van der Waals surface area contributed by atoms with Crippen molar-refractivity contribution in [1.82, 2.24) is 21.3 Å². The van der Waals surface area contributed by atoms with Crippen LogP contribution in [0.5, 0.6) is 17.2 Å². The number of hydrogen-bond donors (Lipinski definition) is 5. The predicted molar refractivity (Wildman–Crippen MR) is 185 cm³/mol. The highest BCUT2D eigenvalue weighted by Crippen LogP contribution is 2.47. The Hall–Kier alpha value is -5.99. The summed E-state index contributed by atoms with van der Waals surface area (Å²) in [5.74, 6) is -2.22. The van der Waals surface area contributed by atoms with E-state index < -0.39 is 47.3 Å². The lowest BCUT2D eigenvalue weighted by Gasteiger charge is -2.31. The zero-order valence-electron chi connectivity index (χ0n) is 29.5. The summed E-state index contributed by atoms with van der Waals surface area (Å²) in [7, 11) is 0. The zero-order chi connectivity index (χ0) is 38.4. The van der Waals surface area contributed by atoms with Gasteiger partial charge in [-0.2, -0.15) is 5.26 Å². The van der Waals surface area contributed by atoms with Crippen LogP contribution in [-0.2, 0) is 28.7 Å². The molecule has 0 spiro atoms. The van der Waals surface area contributed by atoms with E-state index in [4.69, 9.17) is 24.2 Å². The molecule has 0 aromatic heterocycles. The van der Waals surface area contributed by atoms with Gasteiger partial charge in [-0.15, -0.1) is 0 Å². The molecule has 1 atom stereocenters. The third kappa shape index (κ3) is 11.3. The molecule has 0 radical (unpaired) electrons. The van der Waals surface area contributed by atoms with Gasteiger partial charge in [-0.1, -0.05) is 6.07 Å². The SMILES string of the molecule is CCOC(=O)C1=C(C)NC(C)=C(C(=O)OCC)C1c1cc([N+](=O)[O-])ccc1OCC(=O)NCC(=O)NCCNCC(C)O.N#Cc1cccc2c1O2. The molecule has 0 saturated carbocycles. The number of ether oxygens (including phenoxy) is 4. The highest BCUT2D eigenvalue weighted by Gasteiger charge is 2.40. The number of non-ortho nitro benzene ring substituents is 1. The van der Waals surface area contributed by atoms with Gasteiger partial charge in [-0.25, -0.2) is 9.59 Å². The molecule has 2 aliphatic rings. The molecule has 0 bridgehead atoms. The molecule has 2 heterocycles. The minimum atomic E-state index is -1.19. The van der Waals surface area contributed by atoms with Crippen LogP contribution in [0.2, 0.25) is 0 Å². The molecule has 2 aromatic carbocycles. The van der Waals surface area contributed by atoms with E-state index in [1.165, 1.54) is 12.1 Å². The fraction of sp³-hybridized carbons (Fsp3) is 0.400. The molecule has 278 valence electrons. The summed E-state index contributed by atoms with van der Waals surface area (Å²) in [4.78, 5) is 61.9. The first-order chi connectivity index (χ1) is 24.8. The minimum Gasteiger partial charge on any atom is -0.483 e. The Morgan fingerprint density at radius 3 is 2.23 bits per heavy atom.